The van der Waals surface area contributed by atoms with Gasteiger partial charge in [-0.2, -0.15) is 4.98 Å². The van der Waals surface area contributed by atoms with Crippen LogP contribution in [0, 0.1) is 11.6 Å². The Labute approximate surface area is 175 Å². The van der Waals surface area contributed by atoms with Gasteiger partial charge in [0.1, 0.15) is 11.3 Å². The van der Waals surface area contributed by atoms with E-state index < -0.39 is 11.6 Å². The van der Waals surface area contributed by atoms with E-state index in [9.17, 15) is 8.78 Å². The second-order valence-corrected chi connectivity index (χ2v) is 7.89. The van der Waals surface area contributed by atoms with Crippen molar-refractivity contribution in [2.45, 2.75) is 18.9 Å². The smallest absolute Gasteiger partial charge is 0.224 e. The van der Waals surface area contributed by atoms with Crippen LogP contribution in [0.3, 0.4) is 0 Å². The summed E-state index contributed by atoms with van der Waals surface area (Å²) in [5, 5.41) is 3.27. The summed E-state index contributed by atoms with van der Waals surface area (Å²) in [5.74, 6) is -1.74. The van der Waals surface area contributed by atoms with Crippen molar-refractivity contribution in [2.24, 2.45) is 0 Å². The molecule has 4 rings (SSSR count). The van der Waals surface area contributed by atoms with Gasteiger partial charge in [-0.25, -0.2) is 18.7 Å². The molecule has 29 heavy (non-hydrogen) atoms. The average Bonchev–Trinajstić information content (AvgIpc) is 3.17. The van der Waals surface area contributed by atoms with E-state index in [4.69, 9.17) is 22.4 Å². The lowest BCUT2D eigenvalue weighted by atomic mass is 10.0. The van der Waals surface area contributed by atoms with E-state index in [1.807, 2.05) is 0 Å². The lowest BCUT2D eigenvalue weighted by Gasteiger charge is -2.30. The van der Waals surface area contributed by atoms with Crippen molar-refractivity contribution in [3.8, 4) is 0 Å². The van der Waals surface area contributed by atoms with E-state index in [1.54, 1.807) is 11.9 Å². The number of benzene rings is 1. The number of nitrogens with zero attached hydrogens (tertiary/aromatic N) is 4. The van der Waals surface area contributed by atoms with E-state index in [1.165, 1.54) is 6.20 Å². The molecular weight excluding hydrogens is 418 g/mol. The molecule has 152 valence electrons. The van der Waals surface area contributed by atoms with Gasteiger partial charge in [-0.3, -0.25) is 4.31 Å². The normalized spacial score (nSPS) is 15.7. The second-order valence-electron chi connectivity index (χ2n) is 6.60. The number of halogens is 2. The molecule has 3 N–H and O–H groups in total. The topological polar surface area (TPSA) is 93.1 Å². The fourth-order valence-corrected chi connectivity index (χ4v) is 4.20. The molecule has 3 heterocycles. The van der Waals surface area contributed by atoms with E-state index in [0.29, 0.717) is 5.95 Å². The number of piperidine rings is 1. The Morgan fingerprint density at radius 1 is 1.34 bits per heavy atom. The summed E-state index contributed by atoms with van der Waals surface area (Å²) in [4.78, 5) is 12.3. The van der Waals surface area contributed by atoms with Crippen LogP contribution in [-0.4, -0.2) is 49.5 Å². The highest BCUT2D eigenvalue weighted by Crippen LogP contribution is 2.28. The van der Waals surface area contributed by atoms with Gasteiger partial charge in [0, 0.05) is 31.4 Å². The van der Waals surface area contributed by atoms with Crippen molar-refractivity contribution in [3.63, 3.8) is 0 Å². The zero-order valence-electron chi connectivity index (χ0n) is 15.5. The minimum absolute atomic E-state index is 0.0407. The summed E-state index contributed by atoms with van der Waals surface area (Å²) in [6.45, 7) is 1.95. The summed E-state index contributed by atoms with van der Waals surface area (Å²) in [5.41, 5.74) is 6.29. The Bertz CT molecular complexity index is 1070. The number of thiocarbonyl (C=S) groups is 1. The molecule has 0 amide bonds. The number of oxazole rings is 1. The Morgan fingerprint density at radius 3 is 2.79 bits per heavy atom. The minimum Gasteiger partial charge on any atom is -0.443 e. The first-order chi connectivity index (χ1) is 14.0. The molecule has 1 aliphatic heterocycles. The SMILES string of the molecule is CSN1CCC(Nc2ncc(C(=S)c3c(F)c(F)cc4ncoc34)c(N)n2)CC1. The number of aromatic nitrogens is 3. The first kappa shape index (κ1) is 19.9. The zero-order chi connectivity index (χ0) is 20.5. The van der Waals surface area contributed by atoms with Crippen LogP contribution in [0.25, 0.3) is 11.1 Å². The molecule has 3 aromatic rings. The van der Waals surface area contributed by atoms with Crippen LogP contribution in [0.2, 0.25) is 0 Å². The highest BCUT2D eigenvalue weighted by Gasteiger charge is 2.24. The summed E-state index contributed by atoms with van der Waals surface area (Å²) in [6.07, 6.45) is 6.50. The van der Waals surface area contributed by atoms with E-state index in [2.05, 4.69) is 30.8 Å². The third-order valence-corrected chi connectivity index (χ3v) is 6.16. The molecule has 0 spiro atoms. The van der Waals surface area contributed by atoms with Gasteiger partial charge in [0.05, 0.1) is 16.0 Å². The van der Waals surface area contributed by atoms with E-state index in [-0.39, 0.29) is 39.0 Å². The number of nitrogens with one attached hydrogen (secondary N) is 1. The molecule has 11 heteroatoms. The summed E-state index contributed by atoms with van der Waals surface area (Å²) >= 11 is 7.10. The average molecular weight is 437 g/mol. The number of nitrogen functional groups attached to an aromatic ring is 1. The lowest BCUT2D eigenvalue weighted by Crippen LogP contribution is -2.35. The molecule has 0 saturated carbocycles. The first-order valence-electron chi connectivity index (χ1n) is 8.92. The van der Waals surface area contributed by atoms with Crippen molar-refractivity contribution < 1.29 is 13.2 Å². The molecule has 7 nitrogen and oxygen atoms in total. The Morgan fingerprint density at radius 2 is 2.10 bits per heavy atom. The molecule has 0 unspecified atom stereocenters. The quantitative estimate of drug-likeness (QED) is 0.355. The van der Waals surface area contributed by atoms with Crippen molar-refractivity contribution in [2.75, 3.05) is 30.4 Å². The standard InChI is InChI=1S/C18H18F2N6OS2/c1-29-26-4-2-9(3-5-26)24-18-22-7-10(17(21)25-18)16(28)13-14(20)11(19)6-12-15(13)27-8-23-12/h6-9H,2-5H2,1H3,(H3,21,22,24,25). The number of hydrogen-bond acceptors (Lipinski definition) is 9. The van der Waals surface area contributed by atoms with Gasteiger partial charge in [0.15, 0.2) is 23.6 Å². The molecule has 2 aromatic heterocycles. The summed E-state index contributed by atoms with van der Waals surface area (Å²) in [6, 6.07) is 1.19. The van der Waals surface area contributed by atoms with Gasteiger partial charge in [0.25, 0.3) is 0 Å². The van der Waals surface area contributed by atoms with Crippen molar-refractivity contribution in [1.29, 1.82) is 0 Å². The molecule has 1 aromatic carbocycles. The molecule has 0 bridgehead atoms. The van der Waals surface area contributed by atoms with Crippen molar-refractivity contribution in [3.05, 3.63) is 41.4 Å². The third kappa shape index (κ3) is 3.89. The van der Waals surface area contributed by atoms with Crippen LogP contribution < -0.4 is 11.1 Å². The number of anilines is 2. The van der Waals surface area contributed by atoms with Crippen LogP contribution in [0.5, 0.6) is 0 Å². The van der Waals surface area contributed by atoms with Gasteiger partial charge in [-0.05, 0) is 19.1 Å². The first-order valence-corrected chi connectivity index (χ1v) is 10.5. The fraction of sp³-hybridized carbons (Fsp3) is 0.333. The number of rotatable bonds is 5. The third-order valence-electron chi connectivity index (χ3n) is 4.85. The molecule has 1 fully saturated rings. The maximum atomic E-state index is 14.5. The predicted molar refractivity (Wildman–Crippen MR) is 113 cm³/mol. The Kier molecular flexibility index (Phi) is 5.61. The van der Waals surface area contributed by atoms with Crippen LogP contribution in [0.1, 0.15) is 24.0 Å². The molecular formula is C18H18F2N6OS2. The van der Waals surface area contributed by atoms with Gasteiger partial charge >= 0.3 is 0 Å². The largest absolute Gasteiger partial charge is 0.443 e. The van der Waals surface area contributed by atoms with Gasteiger partial charge in [0.2, 0.25) is 5.95 Å². The van der Waals surface area contributed by atoms with Crippen molar-refractivity contribution in [1.82, 2.24) is 19.3 Å². The van der Waals surface area contributed by atoms with Crippen molar-refractivity contribution >= 4 is 51.9 Å². The predicted octanol–water partition coefficient (Wildman–Crippen LogP) is 3.40. The lowest BCUT2D eigenvalue weighted by molar-refractivity contribution is 0.358. The van der Waals surface area contributed by atoms with Gasteiger partial charge in [-0.15, -0.1) is 0 Å². The highest BCUT2D eigenvalue weighted by molar-refractivity contribution is 7.96. The molecule has 0 aliphatic carbocycles. The Hall–Kier alpha value is -2.37. The molecule has 1 aliphatic rings. The summed E-state index contributed by atoms with van der Waals surface area (Å²) in [7, 11) is 0. The maximum absolute atomic E-state index is 14.5. The molecule has 1 saturated heterocycles. The van der Waals surface area contributed by atoms with Crippen LogP contribution in [-0.2, 0) is 0 Å². The van der Waals surface area contributed by atoms with E-state index >= 15 is 0 Å². The highest BCUT2D eigenvalue weighted by atomic mass is 32.2. The summed E-state index contributed by atoms with van der Waals surface area (Å²) < 4.78 is 35.9. The number of hydrogen-bond donors (Lipinski definition) is 2. The van der Waals surface area contributed by atoms with Crippen LogP contribution in [0.15, 0.2) is 23.1 Å². The zero-order valence-corrected chi connectivity index (χ0v) is 17.1. The van der Waals surface area contributed by atoms with Gasteiger partial charge in [-0.1, -0.05) is 24.2 Å². The molecule has 0 atom stereocenters. The van der Waals surface area contributed by atoms with Crippen LogP contribution in [0.4, 0.5) is 20.5 Å². The minimum atomic E-state index is -1.12. The monoisotopic (exact) mass is 436 g/mol. The Balaban J connectivity index is 1.58. The van der Waals surface area contributed by atoms with E-state index in [0.717, 1.165) is 38.4 Å². The van der Waals surface area contributed by atoms with Gasteiger partial charge < -0.3 is 15.5 Å². The van der Waals surface area contributed by atoms with Crippen LogP contribution >= 0.6 is 24.2 Å². The molecule has 0 radical (unpaired) electrons. The fourth-order valence-electron chi connectivity index (χ4n) is 3.29. The number of fused-ring (bicyclic) bond motifs is 1. The maximum Gasteiger partial charge on any atom is 0.224 e. The second kappa shape index (κ2) is 8.17. The number of nitrogens with two attached hydrogens (primary N) is 1.